The summed E-state index contributed by atoms with van der Waals surface area (Å²) in [7, 11) is -1.95. The van der Waals surface area contributed by atoms with Crippen LogP contribution in [0, 0.1) is 5.92 Å². The van der Waals surface area contributed by atoms with E-state index in [1.165, 1.54) is 0 Å². The summed E-state index contributed by atoms with van der Waals surface area (Å²) in [5.74, 6) is 0.191. The molecular weight excluding hydrogens is 304 g/mol. The summed E-state index contributed by atoms with van der Waals surface area (Å²) in [5, 5.41) is 17.3. The first-order valence-electron chi connectivity index (χ1n) is 7.41. The fraction of sp³-hybridized carbons (Fsp3) is 0.571. The molecule has 0 unspecified atom stereocenters. The van der Waals surface area contributed by atoms with Gasteiger partial charge >= 0.3 is 0 Å². The number of nitrogens with zero attached hydrogens (tertiary/aromatic N) is 3. The summed E-state index contributed by atoms with van der Waals surface area (Å²) < 4.78 is 29.7. The molecule has 0 radical (unpaired) electrons. The van der Waals surface area contributed by atoms with Crippen molar-refractivity contribution in [1.29, 1.82) is 0 Å². The number of aliphatic hydroxyl groups is 1. The maximum absolute atomic E-state index is 12.7. The lowest BCUT2D eigenvalue weighted by Gasteiger charge is -2.37. The van der Waals surface area contributed by atoms with Crippen molar-refractivity contribution in [2.45, 2.75) is 43.2 Å². The van der Waals surface area contributed by atoms with Crippen LogP contribution in [0.1, 0.15) is 26.2 Å². The third-order valence-corrected chi connectivity index (χ3v) is 5.88. The molecule has 3 rings (SSSR count). The van der Waals surface area contributed by atoms with Crippen molar-refractivity contribution in [2.75, 3.05) is 0 Å². The Balaban J connectivity index is 1.91. The number of aromatic nitrogens is 3. The zero-order valence-corrected chi connectivity index (χ0v) is 13.4. The molecule has 1 aromatic carbocycles. The van der Waals surface area contributed by atoms with Gasteiger partial charge in [-0.1, -0.05) is 18.2 Å². The molecule has 1 saturated carbocycles. The van der Waals surface area contributed by atoms with Gasteiger partial charge in [0.15, 0.2) is 0 Å². The predicted molar refractivity (Wildman–Crippen MR) is 81.6 cm³/mol. The molecule has 0 aliphatic heterocycles. The number of benzene rings is 1. The molecule has 22 heavy (non-hydrogen) atoms. The van der Waals surface area contributed by atoms with Gasteiger partial charge < -0.3 is 5.11 Å². The Morgan fingerprint density at radius 2 is 2.18 bits per heavy atom. The van der Waals surface area contributed by atoms with Gasteiger partial charge in [-0.05, 0) is 37.3 Å². The molecule has 1 aromatic heterocycles. The van der Waals surface area contributed by atoms with E-state index in [4.69, 9.17) is 0 Å². The van der Waals surface area contributed by atoms with Crippen LogP contribution in [0.5, 0.6) is 0 Å². The minimum Gasteiger partial charge on any atom is -0.393 e. The highest BCUT2D eigenvalue weighted by Crippen LogP contribution is 2.32. The van der Waals surface area contributed by atoms with Crippen LogP contribution in [-0.2, 0) is 17.1 Å². The van der Waals surface area contributed by atoms with Crippen LogP contribution in [0.15, 0.2) is 23.1 Å². The molecule has 0 spiro atoms. The van der Waals surface area contributed by atoms with E-state index in [2.05, 4.69) is 15.0 Å². The lowest BCUT2D eigenvalue weighted by Crippen LogP contribution is -2.46. The molecule has 1 fully saturated rings. The molecule has 0 saturated heterocycles. The van der Waals surface area contributed by atoms with Crippen molar-refractivity contribution in [2.24, 2.45) is 13.0 Å². The molecule has 1 heterocycles. The minimum absolute atomic E-state index is 0.149. The van der Waals surface area contributed by atoms with Crippen molar-refractivity contribution < 1.29 is 13.5 Å². The number of rotatable bonds is 5. The number of aliphatic hydroxyl groups excluding tert-OH is 1. The molecule has 1 aliphatic carbocycles. The molecule has 0 amide bonds. The Labute approximate surface area is 129 Å². The van der Waals surface area contributed by atoms with Crippen LogP contribution >= 0.6 is 0 Å². The largest absolute Gasteiger partial charge is 0.393 e. The summed E-state index contributed by atoms with van der Waals surface area (Å²) in [6.45, 7) is 1.95. The van der Waals surface area contributed by atoms with Gasteiger partial charge in [0.2, 0.25) is 10.0 Å². The van der Waals surface area contributed by atoms with E-state index in [9.17, 15) is 13.5 Å². The number of fused-ring (bicyclic) bond motifs is 1. The molecule has 2 N–H and O–H groups in total. The normalized spacial score (nSPS) is 23.4. The lowest BCUT2D eigenvalue weighted by atomic mass is 9.77. The molecule has 2 aromatic rings. The molecular formula is C14H20N4O3S. The van der Waals surface area contributed by atoms with Gasteiger partial charge in [-0.2, -0.15) is 0 Å². The van der Waals surface area contributed by atoms with Crippen LogP contribution in [0.2, 0.25) is 0 Å². The summed E-state index contributed by atoms with van der Waals surface area (Å²) in [6, 6.07) is 4.85. The quantitative estimate of drug-likeness (QED) is 0.848. The smallest absolute Gasteiger partial charge is 0.243 e. The second-order valence-corrected chi connectivity index (χ2v) is 7.54. The fourth-order valence-corrected chi connectivity index (χ4v) is 4.53. The van der Waals surface area contributed by atoms with E-state index in [0.29, 0.717) is 30.3 Å². The molecule has 8 heteroatoms. The van der Waals surface area contributed by atoms with Gasteiger partial charge in [0, 0.05) is 13.1 Å². The van der Waals surface area contributed by atoms with Crippen LogP contribution < -0.4 is 4.72 Å². The van der Waals surface area contributed by atoms with Crippen molar-refractivity contribution in [3.05, 3.63) is 18.2 Å². The average Bonchev–Trinajstić information content (AvgIpc) is 2.83. The number of hydrogen-bond donors (Lipinski definition) is 2. The first-order valence-corrected chi connectivity index (χ1v) is 8.89. The maximum Gasteiger partial charge on any atom is 0.243 e. The van der Waals surface area contributed by atoms with Gasteiger partial charge in [0.1, 0.15) is 10.4 Å². The third kappa shape index (κ3) is 2.62. The second kappa shape index (κ2) is 5.60. The molecule has 7 nitrogen and oxygen atoms in total. The predicted octanol–water partition coefficient (Wildman–Crippen LogP) is 0.796. The topological polar surface area (TPSA) is 97.1 Å². The van der Waals surface area contributed by atoms with E-state index in [1.54, 1.807) is 29.9 Å². The molecule has 1 atom stereocenters. The highest BCUT2D eigenvalue weighted by Gasteiger charge is 2.35. The summed E-state index contributed by atoms with van der Waals surface area (Å²) in [5.41, 5.74) is 1.05. The van der Waals surface area contributed by atoms with E-state index >= 15 is 0 Å². The number of hydrogen-bond acceptors (Lipinski definition) is 5. The van der Waals surface area contributed by atoms with E-state index < -0.39 is 10.0 Å². The number of sulfonamides is 1. The van der Waals surface area contributed by atoms with E-state index in [0.717, 1.165) is 0 Å². The van der Waals surface area contributed by atoms with Gasteiger partial charge in [-0.25, -0.2) is 17.8 Å². The Kier molecular flexibility index (Phi) is 3.92. The van der Waals surface area contributed by atoms with Gasteiger partial charge in [0.25, 0.3) is 0 Å². The third-order valence-electron chi connectivity index (χ3n) is 4.36. The first kappa shape index (κ1) is 15.4. The fourth-order valence-electron chi connectivity index (χ4n) is 2.98. The Morgan fingerprint density at radius 3 is 2.82 bits per heavy atom. The van der Waals surface area contributed by atoms with E-state index in [1.807, 2.05) is 6.92 Å². The monoisotopic (exact) mass is 324 g/mol. The second-order valence-electron chi connectivity index (χ2n) is 5.86. The summed E-state index contributed by atoms with van der Waals surface area (Å²) in [6.07, 6.45) is 1.69. The van der Waals surface area contributed by atoms with Crippen LogP contribution in [-0.4, -0.2) is 40.7 Å². The van der Waals surface area contributed by atoms with Crippen molar-refractivity contribution >= 4 is 21.1 Å². The van der Waals surface area contributed by atoms with E-state index in [-0.39, 0.29) is 23.0 Å². The van der Waals surface area contributed by atoms with Crippen molar-refractivity contribution in [3.8, 4) is 0 Å². The van der Waals surface area contributed by atoms with Crippen molar-refractivity contribution in [3.63, 3.8) is 0 Å². The van der Waals surface area contributed by atoms with Crippen LogP contribution in [0.3, 0.4) is 0 Å². The average molecular weight is 324 g/mol. The number of nitrogens with one attached hydrogen (secondary N) is 1. The minimum atomic E-state index is -3.67. The van der Waals surface area contributed by atoms with Crippen molar-refractivity contribution in [1.82, 2.24) is 19.7 Å². The zero-order chi connectivity index (χ0) is 15.9. The first-order chi connectivity index (χ1) is 10.4. The summed E-state index contributed by atoms with van der Waals surface area (Å²) >= 11 is 0. The lowest BCUT2D eigenvalue weighted by molar-refractivity contribution is 0.0277. The Bertz CT molecular complexity index is 780. The van der Waals surface area contributed by atoms with Crippen LogP contribution in [0.25, 0.3) is 11.0 Å². The highest BCUT2D eigenvalue weighted by molar-refractivity contribution is 7.89. The molecule has 1 aliphatic rings. The highest BCUT2D eigenvalue weighted by atomic mass is 32.2. The maximum atomic E-state index is 12.7. The Morgan fingerprint density at radius 1 is 1.45 bits per heavy atom. The Hall–Kier alpha value is -1.51. The van der Waals surface area contributed by atoms with Crippen LogP contribution in [0.4, 0.5) is 0 Å². The standard InChI is InChI=1S/C14H20N4O3S/c1-3-11(9-7-10(19)8-9)16-22(20,21)13-6-4-5-12-14(13)15-17-18(12)2/h4-6,9-11,16,19H,3,7-8H2,1-2H3/t9?,10?,11-/m0/s1. The molecule has 0 bridgehead atoms. The van der Waals surface area contributed by atoms with Gasteiger partial charge in [0.05, 0.1) is 11.6 Å². The summed E-state index contributed by atoms with van der Waals surface area (Å²) in [4.78, 5) is 0.149. The number of aryl methyl sites for hydroxylation is 1. The van der Waals surface area contributed by atoms with Gasteiger partial charge in [-0.3, -0.25) is 0 Å². The zero-order valence-electron chi connectivity index (χ0n) is 12.6. The SMILES string of the molecule is CC[C@H](NS(=O)(=O)c1cccc2c1nnn2C)C1CC(O)C1. The molecule has 120 valence electrons. The van der Waals surface area contributed by atoms with Gasteiger partial charge in [-0.15, -0.1) is 5.10 Å².